The van der Waals surface area contributed by atoms with Gasteiger partial charge < -0.3 is 9.30 Å². The summed E-state index contributed by atoms with van der Waals surface area (Å²) in [5.41, 5.74) is 30.8. The number of hydrogen-bond donors (Lipinski definition) is 0. The molecular weight excluding hydrogens is 1350 g/mol. The van der Waals surface area contributed by atoms with E-state index in [0.717, 1.165) is 72.6 Å². The number of fused-ring (bicyclic) bond motifs is 24. The number of rotatable bonds is 7. The van der Waals surface area contributed by atoms with Crippen molar-refractivity contribution < 1.29 is 25.8 Å². The van der Waals surface area contributed by atoms with Gasteiger partial charge in [0, 0.05) is 35.3 Å². The van der Waals surface area contributed by atoms with Crippen molar-refractivity contribution in [1.29, 1.82) is 0 Å². The fourth-order valence-electron chi connectivity index (χ4n) is 17.1. The van der Waals surface area contributed by atoms with Gasteiger partial charge in [-0.1, -0.05) is 249 Å². The smallest absolute Gasteiger partial charge is 0.509 e. The molecule has 13 aromatic carbocycles. The first kappa shape index (κ1) is 56.2. The molecule has 4 aliphatic carbocycles. The van der Waals surface area contributed by atoms with Gasteiger partial charge in [-0.2, -0.15) is 12.1 Å². The van der Waals surface area contributed by atoms with Gasteiger partial charge in [0.15, 0.2) is 0 Å². The van der Waals surface area contributed by atoms with Crippen LogP contribution in [0.1, 0.15) is 70.8 Å². The molecule has 0 saturated heterocycles. The maximum absolute atomic E-state index is 6.88. The topological polar surface area (TPSA) is 33.1 Å². The summed E-state index contributed by atoms with van der Waals surface area (Å²) in [7, 11) is 0. The summed E-state index contributed by atoms with van der Waals surface area (Å²) < 4.78 is 13.5. The third-order valence-electron chi connectivity index (χ3n) is 21.1. The number of benzene rings is 13. The maximum Gasteiger partial charge on any atom is 2.00 e. The molecule has 96 heavy (non-hydrogen) atoms. The second-order valence-electron chi connectivity index (χ2n) is 26.8. The Labute approximate surface area is 571 Å². The molecule has 3 heterocycles. The van der Waals surface area contributed by atoms with E-state index in [-0.39, 0.29) is 26.5 Å². The van der Waals surface area contributed by atoms with Crippen molar-refractivity contribution >= 4 is 50.6 Å². The van der Waals surface area contributed by atoms with E-state index in [9.17, 15) is 0 Å². The number of aromatic nitrogens is 2. The van der Waals surface area contributed by atoms with Crippen molar-refractivity contribution in [2.24, 2.45) is 0 Å². The van der Waals surface area contributed by atoms with Crippen molar-refractivity contribution in [1.82, 2.24) is 18.7 Å². The Kier molecular flexibility index (Phi) is 12.2. The Bertz CT molecular complexity index is 5610. The molecular formula is C90H58N4OPt+2. The van der Waals surface area contributed by atoms with Crippen molar-refractivity contribution in [3.8, 4) is 84.1 Å². The van der Waals surface area contributed by atoms with Crippen LogP contribution in [0.25, 0.3) is 94.4 Å². The zero-order chi connectivity index (χ0) is 62.9. The van der Waals surface area contributed by atoms with Crippen molar-refractivity contribution in [3.63, 3.8) is 0 Å². The number of para-hydroxylation sites is 4. The molecule has 0 bridgehead atoms. The molecule has 6 heteroatoms. The molecule has 2 spiro atoms. The van der Waals surface area contributed by atoms with Gasteiger partial charge in [0.1, 0.15) is 11.5 Å². The van der Waals surface area contributed by atoms with E-state index >= 15 is 0 Å². The number of ether oxygens (including phenoxy) is 1. The predicted octanol–water partition coefficient (Wildman–Crippen LogP) is 21.7. The van der Waals surface area contributed by atoms with E-state index in [2.05, 4.69) is 326 Å². The van der Waals surface area contributed by atoms with Crippen LogP contribution in [0.3, 0.4) is 0 Å². The standard InChI is InChI=1S/C90H58N4O.Pt/c1-88(2,3)58-48-49-91-86(52-58)94-82-39-17-10-30-72(82)73-47-44-61(54-85(73)94)95-60-23-20-22-59(53-60)92-55-93(84-41-19-18-40-83(84)92)87-62(56-42-45-70-68-28-8-15-37-78(68)89(80(70)50-56)74-33-11-4-24-64(74)65-25-5-12-34-75(65)89)31-21-32-63(87)57-43-46-71-69-29-9-16-38-79(69)90(81(71)51-57)76-35-13-6-26-66(76)67-27-7-14-36-77(67)90;/h4-52H,1-3H3;/q;+2. The van der Waals surface area contributed by atoms with Gasteiger partial charge >= 0.3 is 27.1 Å². The molecule has 1 aliphatic heterocycles. The minimum absolute atomic E-state index is 0. The summed E-state index contributed by atoms with van der Waals surface area (Å²) in [5, 5.41) is 2.20. The van der Waals surface area contributed by atoms with Crippen LogP contribution in [0, 0.1) is 12.1 Å². The summed E-state index contributed by atoms with van der Waals surface area (Å²) in [6, 6.07) is 119. The SMILES string of the molecule is CC(C)(C)c1ccnc(-n2c3[c-]c(Oc4[c-]c([N+]5=C=[N+](c6c(-c7ccc8c(c7)C7(c9ccccc9-c9ccccc97)c7ccccc7-8)cccc6-c6ccc7c(c6)C6(c8ccccc8-c8ccccc86)c6ccccc6-7)c6ccccc65)ccc4)ccc3c3ccccc32)c1.[Pt+2]. The van der Waals surface area contributed by atoms with E-state index < -0.39 is 10.8 Å². The number of nitrogens with zero attached hydrogens (tertiary/aromatic N) is 4. The normalized spacial score (nSPS) is 14.0. The Hall–Kier alpha value is -11.3. The first-order valence-corrected chi connectivity index (χ1v) is 32.8. The second-order valence-corrected chi connectivity index (χ2v) is 26.8. The molecule has 15 aromatic rings. The molecule has 5 nitrogen and oxygen atoms in total. The largest absolute Gasteiger partial charge is 2.00 e. The molecule has 0 amide bonds. The minimum Gasteiger partial charge on any atom is -0.509 e. The molecule has 0 fully saturated rings. The monoisotopic (exact) mass is 1410 g/mol. The van der Waals surface area contributed by atoms with E-state index in [4.69, 9.17) is 9.72 Å². The van der Waals surface area contributed by atoms with Gasteiger partial charge in [-0.3, -0.25) is 0 Å². The molecule has 452 valence electrons. The molecule has 0 saturated carbocycles. The van der Waals surface area contributed by atoms with Crippen LogP contribution in [0.2, 0.25) is 0 Å². The molecule has 0 N–H and O–H groups in total. The maximum atomic E-state index is 6.88. The zero-order valence-electron chi connectivity index (χ0n) is 52.8. The number of pyridine rings is 1. The number of hydrogen-bond acceptors (Lipinski definition) is 2. The van der Waals surface area contributed by atoms with Crippen LogP contribution in [-0.4, -0.2) is 15.6 Å². The van der Waals surface area contributed by atoms with Crippen molar-refractivity contribution in [2.75, 3.05) is 0 Å². The van der Waals surface area contributed by atoms with Crippen LogP contribution in [0.5, 0.6) is 11.5 Å². The summed E-state index contributed by atoms with van der Waals surface area (Å²) in [4.78, 5) is 4.94. The molecule has 2 aromatic heterocycles. The molecule has 5 aliphatic rings. The van der Waals surface area contributed by atoms with Gasteiger partial charge in [0.25, 0.3) is 11.4 Å². The summed E-state index contributed by atoms with van der Waals surface area (Å²) in [6.45, 7) is 6.71. The van der Waals surface area contributed by atoms with Crippen molar-refractivity contribution in [3.05, 3.63) is 360 Å². The Morgan fingerprint density at radius 2 is 0.823 bits per heavy atom. The molecule has 20 rings (SSSR count). The fourth-order valence-corrected chi connectivity index (χ4v) is 17.1. The van der Waals surface area contributed by atoms with Gasteiger partial charge in [-0.15, -0.1) is 23.6 Å². The molecule has 0 atom stereocenters. The first-order valence-electron chi connectivity index (χ1n) is 32.8. The van der Waals surface area contributed by atoms with Crippen molar-refractivity contribution in [2.45, 2.75) is 37.0 Å². The average Bonchev–Trinajstić information content (AvgIpc) is 1.52. The first-order chi connectivity index (χ1) is 46.7. The quantitative estimate of drug-likeness (QED) is 0.118. The van der Waals surface area contributed by atoms with Crippen LogP contribution < -0.4 is 13.9 Å². The van der Waals surface area contributed by atoms with Gasteiger partial charge in [0.05, 0.1) is 22.0 Å². The second kappa shape index (κ2) is 20.8. The Morgan fingerprint density at radius 1 is 0.385 bits per heavy atom. The molecule has 0 radical (unpaired) electrons. The van der Waals surface area contributed by atoms with E-state index in [1.54, 1.807) is 0 Å². The zero-order valence-corrected chi connectivity index (χ0v) is 55.1. The van der Waals surface area contributed by atoms with E-state index in [1.807, 2.05) is 24.4 Å². The van der Waals surface area contributed by atoms with Gasteiger partial charge in [-0.25, -0.2) is 4.98 Å². The minimum atomic E-state index is -0.528. The third-order valence-corrected chi connectivity index (χ3v) is 21.1. The third kappa shape index (κ3) is 7.70. The average molecular weight is 1410 g/mol. The summed E-state index contributed by atoms with van der Waals surface area (Å²) in [6.07, 6.45) is 1.91. The van der Waals surface area contributed by atoms with E-state index in [0.29, 0.717) is 11.5 Å². The van der Waals surface area contributed by atoms with Gasteiger partial charge in [-0.05, 0) is 164 Å². The summed E-state index contributed by atoms with van der Waals surface area (Å²) in [5.74, 6) is 1.97. The van der Waals surface area contributed by atoms with E-state index in [1.165, 1.54) is 94.6 Å². The van der Waals surface area contributed by atoms with Crippen LogP contribution in [0.4, 0.5) is 22.7 Å². The molecule has 0 unspecified atom stereocenters. The predicted molar refractivity (Wildman–Crippen MR) is 386 cm³/mol. The fraction of sp³-hybridized carbons (Fsp3) is 0.0667. The summed E-state index contributed by atoms with van der Waals surface area (Å²) >= 11 is 0. The van der Waals surface area contributed by atoms with Crippen LogP contribution in [-0.2, 0) is 37.3 Å². The Balaban J connectivity index is 0.00000650. The van der Waals surface area contributed by atoms with Crippen LogP contribution in [0.15, 0.2) is 297 Å². The van der Waals surface area contributed by atoms with Gasteiger partial charge in [0.2, 0.25) is 5.69 Å². The Morgan fingerprint density at radius 3 is 1.34 bits per heavy atom. The van der Waals surface area contributed by atoms with Crippen LogP contribution >= 0.6 is 0 Å².